The number of nitrogens with zero attached hydrogens (tertiary/aromatic N) is 2. The topological polar surface area (TPSA) is 43.8 Å². The first kappa shape index (κ1) is 8.97. The molecule has 14 heavy (non-hydrogen) atoms. The van der Waals surface area contributed by atoms with Crippen molar-refractivity contribution < 1.29 is 0 Å². The van der Waals surface area contributed by atoms with E-state index in [0.29, 0.717) is 6.54 Å². The standard InChI is InChI=1S/C11H13N3/c1-14-8-13-7-11(14)10-5-3-2-4-9(10)6-12/h2-5,7-8H,6,12H2,1H3. The van der Waals surface area contributed by atoms with Crippen LogP contribution in [0.25, 0.3) is 11.3 Å². The molecule has 3 nitrogen and oxygen atoms in total. The largest absolute Gasteiger partial charge is 0.334 e. The molecule has 72 valence electrons. The molecule has 0 unspecified atom stereocenters. The quantitative estimate of drug-likeness (QED) is 0.775. The van der Waals surface area contributed by atoms with Crippen molar-refractivity contribution >= 4 is 0 Å². The lowest BCUT2D eigenvalue weighted by Crippen LogP contribution is -2.00. The predicted molar refractivity (Wildman–Crippen MR) is 56.5 cm³/mol. The minimum atomic E-state index is 0.557. The first-order valence-corrected chi connectivity index (χ1v) is 4.57. The molecular formula is C11H13N3. The van der Waals surface area contributed by atoms with Crippen molar-refractivity contribution in [2.45, 2.75) is 6.54 Å². The fourth-order valence-corrected chi connectivity index (χ4v) is 1.56. The summed E-state index contributed by atoms with van der Waals surface area (Å²) in [4.78, 5) is 4.10. The van der Waals surface area contributed by atoms with Crippen LogP contribution in [0, 0.1) is 0 Å². The lowest BCUT2D eigenvalue weighted by molar-refractivity contribution is 0.917. The maximum absolute atomic E-state index is 5.68. The molecular weight excluding hydrogens is 174 g/mol. The van der Waals surface area contributed by atoms with E-state index in [-0.39, 0.29) is 0 Å². The Morgan fingerprint density at radius 2 is 2.14 bits per heavy atom. The van der Waals surface area contributed by atoms with E-state index >= 15 is 0 Å². The second kappa shape index (κ2) is 3.64. The molecule has 0 saturated carbocycles. The normalized spacial score (nSPS) is 10.4. The number of hydrogen-bond donors (Lipinski definition) is 1. The highest BCUT2D eigenvalue weighted by Crippen LogP contribution is 2.21. The molecule has 1 heterocycles. The second-order valence-electron chi connectivity index (χ2n) is 3.25. The van der Waals surface area contributed by atoms with Crippen molar-refractivity contribution in [3.63, 3.8) is 0 Å². The molecule has 0 bridgehead atoms. The van der Waals surface area contributed by atoms with Gasteiger partial charge in [0.2, 0.25) is 0 Å². The van der Waals surface area contributed by atoms with Crippen molar-refractivity contribution in [2.75, 3.05) is 0 Å². The van der Waals surface area contributed by atoms with E-state index in [0.717, 1.165) is 16.8 Å². The van der Waals surface area contributed by atoms with Crippen molar-refractivity contribution in [3.8, 4) is 11.3 Å². The van der Waals surface area contributed by atoms with Gasteiger partial charge in [0, 0.05) is 19.2 Å². The number of rotatable bonds is 2. The van der Waals surface area contributed by atoms with Crippen LogP contribution in [0.2, 0.25) is 0 Å². The first-order chi connectivity index (χ1) is 6.83. The van der Waals surface area contributed by atoms with Crippen molar-refractivity contribution in [1.29, 1.82) is 0 Å². The van der Waals surface area contributed by atoms with Gasteiger partial charge in [-0.15, -0.1) is 0 Å². The molecule has 0 amide bonds. The fraction of sp³-hybridized carbons (Fsp3) is 0.182. The molecule has 0 aliphatic rings. The zero-order valence-electron chi connectivity index (χ0n) is 8.14. The summed E-state index contributed by atoms with van der Waals surface area (Å²) in [7, 11) is 1.98. The summed E-state index contributed by atoms with van der Waals surface area (Å²) in [6, 6.07) is 8.13. The van der Waals surface area contributed by atoms with Gasteiger partial charge < -0.3 is 10.3 Å². The summed E-state index contributed by atoms with van der Waals surface area (Å²) in [6.07, 6.45) is 3.65. The Morgan fingerprint density at radius 1 is 1.36 bits per heavy atom. The zero-order chi connectivity index (χ0) is 9.97. The molecule has 2 N–H and O–H groups in total. The molecule has 0 aliphatic carbocycles. The van der Waals surface area contributed by atoms with Gasteiger partial charge in [0.1, 0.15) is 0 Å². The lowest BCUT2D eigenvalue weighted by atomic mass is 10.1. The van der Waals surface area contributed by atoms with Gasteiger partial charge in [-0.2, -0.15) is 0 Å². The van der Waals surface area contributed by atoms with Crippen LogP contribution >= 0.6 is 0 Å². The van der Waals surface area contributed by atoms with Gasteiger partial charge in [-0.25, -0.2) is 4.98 Å². The second-order valence-corrected chi connectivity index (χ2v) is 3.25. The number of imidazole rings is 1. The molecule has 0 fully saturated rings. The summed E-state index contributed by atoms with van der Waals surface area (Å²) < 4.78 is 1.99. The van der Waals surface area contributed by atoms with Crippen LogP contribution in [0.1, 0.15) is 5.56 Å². The van der Waals surface area contributed by atoms with Crippen LogP contribution in [-0.4, -0.2) is 9.55 Å². The van der Waals surface area contributed by atoms with Gasteiger partial charge in [-0.3, -0.25) is 0 Å². The average Bonchev–Trinajstić information content (AvgIpc) is 2.64. The maximum atomic E-state index is 5.68. The fourth-order valence-electron chi connectivity index (χ4n) is 1.56. The van der Waals surface area contributed by atoms with E-state index in [2.05, 4.69) is 11.1 Å². The van der Waals surface area contributed by atoms with Crippen molar-refractivity contribution in [3.05, 3.63) is 42.4 Å². The van der Waals surface area contributed by atoms with E-state index < -0.39 is 0 Å². The Balaban J connectivity index is 2.56. The summed E-state index contributed by atoms with van der Waals surface area (Å²) in [6.45, 7) is 0.557. The lowest BCUT2D eigenvalue weighted by Gasteiger charge is -2.07. The van der Waals surface area contributed by atoms with Gasteiger partial charge in [-0.1, -0.05) is 24.3 Å². The number of aromatic nitrogens is 2. The molecule has 3 heteroatoms. The number of nitrogens with two attached hydrogens (primary N) is 1. The average molecular weight is 187 g/mol. The first-order valence-electron chi connectivity index (χ1n) is 4.57. The molecule has 2 rings (SSSR count). The third-order valence-corrected chi connectivity index (χ3v) is 2.33. The summed E-state index contributed by atoms with van der Waals surface area (Å²) in [5, 5.41) is 0. The Labute approximate surface area is 83.2 Å². The van der Waals surface area contributed by atoms with Gasteiger partial charge in [-0.05, 0) is 5.56 Å². The Morgan fingerprint density at radius 3 is 2.79 bits per heavy atom. The Hall–Kier alpha value is -1.61. The number of benzene rings is 1. The van der Waals surface area contributed by atoms with Crippen LogP contribution in [-0.2, 0) is 13.6 Å². The summed E-state index contributed by atoms with van der Waals surface area (Å²) in [5.74, 6) is 0. The van der Waals surface area contributed by atoms with E-state index in [1.165, 1.54) is 0 Å². The molecule has 0 spiro atoms. The van der Waals surface area contributed by atoms with Crippen LogP contribution in [0.3, 0.4) is 0 Å². The van der Waals surface area contributed by atoms with E-state index in [9.17, 15) is 0 Å². The smallest absolute Gasteiger partial charge is 0.0948 e. The Kier molecular flexibility index (Phi) is 2.33. The highest BCUT2D eigenvalue weighted by Gasteiger charge is 2.05. The molecule has 1 aromatic heterocycles. The van der Waals surface area contributed by atoms with Gasteiger partial charge >= 0.3 is 0 Å². The number of aryl methyl sites for hydroxylation is 1. The maximum Gasteiger partial charge on any atom is 0.0948 e. The molecule has 2 aromatic rings. The highest BCUT2D eigenvalue weighted by atomic mass is 15.0. The predicted octanol–water partition coefficient (Wildman–Crippen LogP) is 1.55. The molecule has 0 aliphatic heterocycles. The SMILES string of the molecule is Cn1cncc1-c1ccccc1CN. The summed E-state index contributed by atoms with van der Waals surface area (Å²) >= 11 is 0. The minimum absolute atomic E-state index is 0.557. The zero-order valence-corrected chi connectivity index (χ0v) is 8.14. The molecule has 0 atom stereocenters. The monoisotopic (exact) mass is 187 g/mol. The third-order valence-electron chi connectivity index (χ3n) is 2.33. The highest BCUT2D eigenvalue weighted by molar-refractivity contribution is 5.63. The van der Waals surface area contributed by atoms with Gasteiger partial charge in [0.15, 0.2) is 0 Å². The van der Waals surface area contributed by atoms with Crippen LogP contribution in [0.4, 0.5) is 0 Å². The third kappa shape index (κ3) is 1.42. The van der Waals surface area contributed by atoms with E-state index in [1.807, 2.05) is 36.0 Å². The number of hydrogen-bond acceptors (Lipinski definition) is 2. The minimum Gasteiger partial charge on any atom is -0.334 e. The molecule has 0 radical (unpaired) electrons. The van der Waals surface area contributed by atoms with Crippen molar-refractivity contribution in [1.82, 2.24) is 9.55 Å². The van der Waals surface area contributed by atoms with E-state index in [1.54, 1.807) is 6.33 Å². The molecule has 1 aromatic carbocycles. The van der Waals surface area contributed by atoms with Gasteiger partial charge in [0.25, 0.3) is 0 Å². The van der Waals surface area contributed by atoms with Crippen LogP contribution in [0.15, 0.2) is 36.8 Å². The van der Waals surface area contributed by atoms with E-state index in [4.69, 9.17) is 5.73 Å². The van der Waals surface area contributed by atoms with Crippen molar-refractivity contribution in [2.24, 2.45) is 12.8 Å². The summed E-state index contributed by atoms with van der Waals surface area (Å²) in [5.41, 5.74) is 9.09. The van der Waals surface area contributed by atoms with Crippen LogP contribution in [0.5, 0.6) is 0 Å². The Bertz CT molecular complexity index is 432. The van der Waals surface area contributed by atoms with Crippen LogP contribution < -0.4 is 5.73 Å². The van der Waals surface area contributed by atoms with Gasteiger partial charge in [0.05, 0.1) is 18.2 Å². The molecule has 0 saturated heterocycles.